The van der Waals surface area contributed by atoms with E-state index in [9.17, 15) is 0 Å². The summed E-state index contributed by atoms with van der Waals surface area (Å²) in [5.41, 5.74) is 3.67. The van der Waals surface area contributed by atoms with Crippen LogP contribution in [0.4, 0.5) is 5.69 Å². The number of aryl methyl sites for hydroxylation is 1. The summed E-state index contributed by atoms with van der Waals surface area (Å²) in [5, 5.41) is 3.59. The first-order valence-electron chi connectivity index (χ1n) is 6.66. The third kappa shape index (κ3) is 2.66. The maximum Gasteiger partial charge on any atom is 0.0603 e. The van der Waals surface area contributed by atoms with Gasteiger partial charge in [0.15, 0.2) is 0 Å². The summed E-state index contributed by atoms with van der Waals surface area (Å²) in [5.74, 6) is 0.671. The highest BCUT2D eigenvalue weighted by atomic mass is 79.9. The van der Waals surface area contributed by atoms with Crippen molar-refractivity contribution < 1.29 is 0 Å². The Morgan fingerprint density at radius 2 is 1.95 bits per heavy atom. The van der Waals surface area contributed by atoms with Gasteiger partial charge in [0.25, 0.3) is 0 Å². The van der Waals surface area contributed by atoms with Crippen molar-refractivity contribution in [1.82, 2.24) is 4.98 Å². The van der Waals surface area contributed by atoms with Gasteiger partial charge in [0.05, 0.1) is 11.4 Å². The minimum Gasteiger partial charge on any atom is -0.381 e. The van der Waals surface area contributed by atoms with Gasteiger partial charge in [-0.15, -0.1) is 0 Å². The van der Waals surface area contributed by atoms with Crippen LogP contribution in [-0.2, 0) is 0 Å². The summed E-state index contributed by atoms with van der Waals surface area (Å²) in [6.07, 6.45) is 4.22. The van der Waals surface area contributed by atoms with E-state index in [1.54, 1.807) is 0 Å². The first kappa shape index (κ1) is 12.7. The largest absolute Gasteiger partial charge is 0.381 e. The molecule has 1 heterocycles. The molecular formula is C16H17BrN2. The molecule has 1 saturated carbocycles. The third-order valence-electron chi connectivity index (χ3n) is 3.85. The van der Waals surface area contributed by atoms with Crippen LogP contribution in [-0.4, -0.2) is 11.0 Å². The fraction of sp³-hybridized carbons (Fsp3) is 0.312. The Labute approximate surface area is 122 Å². The normalized spacial score (nSPS) is 21.8. The molecule has 1 aliphatic carbocycles. The van der Waals surface area contributed by atoms with Crippen molar-refractivity contribution in [2.24, 2.45) is 0 Å². The van der Waals surface area contributed by atoms with Crippen LogP contribution in [0.3, 0.4) is 0 Å². The number of rotatable bonds is 3. The number of nitrogens with one attached hydrogen (secondary N) is 1. The summed E-state index contributed by atoms with van der Waals surface area (Å²) in [6, 6.07) is 13.2. The third-order valence-corrected chi connectivity index (χ3v) is 4.57. The van der Waals surface area contributed by atoms with E-state index in [-0.39, 0.29) is 0 Å². The van der Waals surface area contributed by atoms with Gasteiger partial charge in [-0.05, 0) is 49.4 Å². The fourth-order valence-electron chi connectivity index (χ4n) is 2.65. The van der Waals surface area contributed by atoms with Gasteiger partial charge in [-0.2, -0.15) is 0 Å². The summed E-state index contributed by atoms with van der Waals surface area (Å²) in [7, 11) is 0. The molecule has 1 aromatic carbocycles. The van der Waals surface area contributed by atoms with Gasteiger partial charge in [-0.3, -0.25) is 4.98 Å². The molecule has 0 atom stereocenters. The monoisotopic (exact) mass is 316 g/mol. The minimum absolute atomic E-state index is 0.569. The van der Waals surface area contributed by atoms with Gasteiger partial charge in [-0.25, -0.2) is 0 Å². The van der Waals surface area contributed by atoms with Gasteiger partial charge in [0.1, 0.15) is 0 Å². The predicted octanol–water partition coefficient (Wildman–Crippen LogP) is 4.51. The summed E-state index contributed by atoms with van der Waals surface area (Å²) >= 11 is 3.64. The van der Waals surface area contributed by atoms with Crippen LogP contribution in [0.2, 0.25) is 0 Å². The van der Waals surface area contributed by atoms with Crippen molar-refractivity contribution in [3.63, 3.8) is 0 Å². The van der Waals surface area contributed by atoms with E-state index >= 15 is 0 Å². The number of pyridine rings is 1. The summed E-state index contributed by atoms with van der Waals surface area (Å²) in [4.78, 5) is 4.31. The quantitative estimate of drug-likeness (QED) is 0.901. The lowest BCUT2D eigenvalue weighted by molar-refractivity contribution is 0.373. The fourth-order valence-corrected chi connectivity index (χ4v) is 3.26. The van der Waals surface area contributed by atoms with E-state index in [1.165, 1.54) is 22.9 Å². The van der Waals surface area contributed by atoms with Crippen LogP contribution in [0.15, 0.2) is 47.1 Å². The van der Waals surface area contributed by atoms with Gasteiger partial charge in [0.2, 0.25) is 0 Å². The Kier molecular flexibility index (Phi) is 3.56. The molecule has 0 radical (unpaired) electrons. The first-order valence-corrected chi connectivity index (χ1v) is 7.46. The van der Waals surface area contributed by atoms with Crippen molar-refractivity contribution in [2.75, 3.05) is 5.32 Å². The second-order valence-corrected chi connectivity index (χ2v) is 6.02. The zero-order valence-electron chi connectivity index (χ0n) is 10.9. The maximum atomic E-state index is 4.31. The van der Waals surface area contributed by atoms with Crippen molar-refractivity contribution in [3.05, 3.63) is 58.3 Å². The molecule has 1 N–H and O–H groups in total. The molecule has 1 aliphatic rings. The van der Waals surface area contributed by atoms with Crippen LogP contribution >= 0.6 is 15.9 Å². The molecule has 0 amide bonds. The van der Waals surface area contributed by atoms with Crippen LogP contribution in [0.5, 0.6) is 0 Å². The van der Waals surface area contributed by atoms with Crippen LogP contribution in [0, 0.1) is 6.92 Å². The molecule has 2 nitrogen and oxygen atoms in total. The number of anilines is 1. The number of aromatic nitrogens is 1. The van der Waals surface area contributed by atoms with Crippen molar-refractivity contribution >= 4 is 21.6 Å². The standard InChI is InChI=1S/C16H17BrN2/c1-11-16(7-4-8-18-11)19-13-9-12(10-13)14-5-2-3-6-15(14)17/h2-8,12-13,19H,9-10H2,1H3. The molecule has 3 heteroatoms. The molecule has 0 bridgehead atoms. The van der Waals surface area contributed by atoms with Crippen molar-refractivity contribution in [2.45, 2.75) is 31.7 Å². The van der Waals surface area contributed by atoms with Gasteiger partial charge >= 0.3 is 0 Å². The number of hydrogen-bond acceptors (Lipinski definition) is 2. The number of nitrogens with zero attached hydrogens (tertiary/aromatic N) is 1. The van der Waals surface area contributed by atoms with Crippen molar-refractivity contribution in [3.8, 4) is 0 Å². The van der Waals surface area contributed by atoms with E-state index < -0.39 is 0 Å². The number of hydrogen-bond donors (Lipinski definition) is 1. The zero-order valence-corrected chi connectivity index (χ0v) is 12.5. The Bertz CT molecular complexity index is 576. The van der Waals surface area contributed by atoms with Crippen LogP contribution < -0.4 is 5.32 Å². The molecule has 0 aliphatic heterocycles. The Hall–Kier alpha value is -1.35. The highest BCUT2D eigenvalue weighted by Crippen LogP contribution is 2.41. The Balaban J connectivity index is 1.62. The molecule has 2 aromatic rings. The van der Waals surface area contributed by atoms with Gasteiger partial charge in [-0.1, -0.05) is 34.1 Å². The highest BCUT2D eigenvalue weighted by molar-refractivity contribution is 9.10. The molecule has 1 fully saturated rings. The average Bonchev–Trinajstić information content (AvgIpc) is 2.37. The van der Waals surface area contributed by atoms with Gasteiger partial charge < -0.3 is 5.32 Å². The lowest BCUT2D eigenvalue weighted by Gasteiger charge is -2.37. The Morgan fingerprint density at radius 1 is 1.16 bits per heavy atom. The van der Waals surface area contributed by atoms with E-state index in [0.29, 0.717) is 12.0 Å². The molecule has 0 unspecified atom stereocenters. The molecular weight excluding hydrogens is 300 g/mol. The Morgan fingerprint density at radius 3 is 2.68 bits per heavy atom. The van der Waals surface area contributed by atoms with Crippen LogP contribution in [0.25, 0.3) is 0 Å². The lowest BCUT2D eigenvalue weighted by atomic mass is 9.76. The predicted molar refractivity (Wildman–Crippen MR) is 82.5 cm³/mol. The number of halogens is 1. The van der Waals surface area contributed by atoms with E-state index in [2.05, 4.69) is 56.6 Å². The average molecular weight is 317 g/mol. The topological polar surface area (TPSA) is 24.9 Å². The maximum absolute atomic E-state index is 4.31. The van der Waals surface area contributed by atoms with E-state index in [0.717, 1.165) is 11.4 Å². The summed E-state index contributed by atoms with van der Waals surface area (Å²) < 4.78 is 1.23. The highest BCUT2D eigenvalue weighted by Gasteiger charge is 2.31. The second kappa shape index (κ2) is 5.33. The molecule has 0 saturated heterocycles. The smallest absolute Gasteiger partial charge is 0.0603 e. The molecule has 0 spiro atoms. The zero-order chi connectivity index (χ0) is 13.2. The second-order valence-electron chi connectivity index (χ2n) is 5.17. The summed E-state index contributed by atoms with van der Waals surface area (Å²) in [6.45, 7) is 2.05. The van der Waals surface area contributed by atoms with Gasteiger partial charge in [0, 0.05) is 16.7 Å². The molecule has 98 valence electrons. The first-order chi connectivity index (χ1) is 9.24. The van der Waals surface area contributed by atoms with Crippen molar-refractivity contribution in [1.29, 1.82) is 0 Å². The number of benzene rings is 1. The molecule has 19 heavy (non-hydrogen) atoms. The molecule has 3 rings (SSSR count). The van der Waals surface area contributed by atoms with E-state index in [4.69, 9.17) is 0 Å². The SMILES string of the molecule is Cc1ncccc1NC1CC(c2ccccc2Br)C1. The lowest BCUT2D eigenvalue weighted by Crippen LogP contribution is -2.34. The molecule has 1 aromatic heterocycles. The minimum atomic E-state index is 0.569. The van der Waals surface area contributed by atoms with E-state index in [1.807, 2.05) is 19.2 Å². The van der Waals surface area contributed by atoms with Crippen LogP contribution in [0.1, 0.15) is 30.0 Å².